The lowest BCUT2D eigenvalue weighted by Gasteiger charge is -1.96. The Bertz CT molecular complexity index is 219. The van der Waals surface area contributed by atoms with Crippen LogP contribution < -0.4 is 0 Å². The molecule has 0 bridgehead atoms. The molecule has 0 spiro atoms. The molecule has 0 aromatic rings. The van der Waals surface area contributed by atoms with Gasteiger partial charge in [-0.05, 0) is 32.7 Å². The van der Waals surface area contributed by atoms with Crippen molar-refractivity contribution in [1.82, 2.24) is 0 Å². The lowest BCUT2D eigenvalue weighted by molar-refractivity contribution is 1.28. The van der Waals surface area contributed by atoms with Gasteiger partial charge < -0.3 is 0 Å². The molecule has 0 N–H and O–H groups in total. The van der Waals surface area contributed by atoms with Crippen LogP contribution in [-0.4, -0.2) is 12.9 Å². The second-order valence-corrected chi connectivity index (χ2v) is 2.02. The Hall–Kier alpha value is -1.44. The van der Waals surface area contributed by atoms with E-state index in [9.17, 15) is 0 Å². The lowest BCUT2D eigenvalue weighted by Crippen LogP contribution is -1.80. The van der Waals surface area contributed by atoms with Crippen LogP contribution >= 0.6 is 0 Å². The van der Waals surface area contributed by atoms with E-state index in [4.69, 9.17) is 0 Å². The molecule has 0 atom stereocenters. The standard InChI is InChI=1S/C10H14N2/c1-5-8-10(11-4)9(6-2)12-7-3/h5-8H,2,4H2,1,3H3/b8-5-,10-9-,12-7-. The van der Waals surface area contributed by atoms with E-state index < -0.39 is 0 Å². The molecule has 0 aliphatic heterocycles. The van der Waals surface area contributed by atoms with Gasteiger partial charge >= 0.3 is 0 Å². The van der Waals surface area contributed by atoms with Crippen LogP contribution in [0, 0.1) is 0 Å². The van der Waals surface area contributed by atoms with Crippen LogP contribution in [-0.2, 0) is 0 Å². The van der Waals surface area contributed by atoms with Crippen molar-refractivity contribution in [2.24, 2.45) is 9.98 Å². The predicted octanol–water partition coefficient (Wildman–Crippen LogP) is 2.75. The van der Waals surface area contributed by atoms with Crippen molar-refractivity contribution in [3.8, 4) is 0 Å². The van der Waals surface area contributed by atoms with Gasteiger partial charge in [-0.1, -0.05) is 12.7 Å². The summed E-state index contributed by atoms with van der Waals surface area (Å²) >= 11 is 0. The summed E-state index contributed by atoms with van der Waals surface area (Å²) in [5.74, 6) is 0. The number of allylic oxidation sites excluding steroid dienone is 3. The maximum absolute atomic E-state index is 4.08. The summed E-state index contributed by atoms with van der Waals surface area (Å²) in [4.78, 5) is 7.91. The maximum atomic E-state index is 4.08. The first-order valence-corrected chi connectivity index (χ1v) is 3.75. The van der Waals surface area contributed by atoms with Crippen LogP contribution in [0.3, 0.4) is 0 Å². The van der Waals surface area contributed by atoms with Crippen molar-refractivity contribution in [2.75, 3.05) is 0 Å². The summed E-state index contributed by atoms with van der Waals surface area (Å²) in [5.41, 5.74) is 1.48. The third kappa shape index (κ3) is 3.10. The molecule has 0 saturated heterocycles. The minimum atomic E-state index is 0.741. The van der Waals surface area contributed by atoms with Crippen LogP contribution in [0.4, 0.5) is 0 Å². The molecular weight excluding hydrogens is 148 g/mol. The third-order valence-corrected chi connectivity index (χ3v) is 1.22. The highest BCUT2D eigenvalue weighted by Gasteiger charge is 1.93. The fourth-order valence-corrected chi connectivity index (χ4v) is 0.739. The van der Waals surface area contributed by atoms with Crippen molar-refractivity contribution < 1.29 is 0 Å². The summed E-state index contributed by atoms with van der Waals surface area (Å²) in [6, 6.07) is 0. The van der Waals surface area contributed by atoms with Gasteiger partial charge in [0.2, 0.25) is 0 Å². The number of rotatable bonds is 4. The topological polar surface area (TPSA) is 24.7 Å². The van der Waals surface area contributed by atoms with E-state index in [1.54, 1.807) is 12.3 Å². The van der Waals surface area contributed by atoms with Gasteiger partial charge in [-0.25, -0.2) is 0 Å². The van der Waals surface area contributed by atoms with E-state index in [1.165, 1.54) is 0 Å². The molecule has 2 nitrogen and oxygen atoms in total. The summed E-state index contributed by atoms with van der Waals surface area (Å²) in [5, 5.41) is 0. The van der Waals surface area contributed by atoms with E-state index >= 15 is 0 Å². The van der Waals surface area contributed by atoms with Gasteiger partial charge in [-0.15, -0.1) is 0 Å². The Labute approximate surface area is 73.7 Å². The highest BCUT2D eigenvalue weighted by atomic mass is 14.8. The zero-order valence-electron chi connectivity index (χ0n) is 7.62. The van der Waals surface area contributed by atoms with Crippen LogP contribution in [0.2, 0.25) is 0 Å². The predicted molar refractivity (Wildman–Crippen MR) is 55.8 cm³/mol. The highest BCUT2D eigenvalue weighted by Crippen LogP contribution is 2.09. The molecule has 2 heteroatoms. The monoisotopic (exact) mass is 162 g/mol. The smallest absolute Gasteiger partial charge is 0.0875 e. The van der Waals surface area contributed by atoms with Crippen LogP contribution in [0.5, 0.6) is 0 Å². The Morgan fingerprint density at radius 1 is 1.25 bits per heavy atom. The van der Waals surface area contributed by atoms with E-state index in [-0.39, 0.29) is 0 Å². The normalized spacial score (nSPS) is 13.5. The van der Waals surface area contributed by atoms with Crippen molar-refractivity contribution in [1.29, 1.82) is 0 Å². The van der Waals surface area contributed by atoms with Gasteiger partial charge in [-0.3, -0.25) is 9.98 Å². The molecule has 0 heterocycles. The maximum Gasteiger partial charge on any atom is 0.0875 e. The molecule has 64 valence electrons. The molecule has 0 aliphatic carbocycles. The van der Waals surface area contributed by atoms with Gasteiger partial charge in [-0.2, -0.15) is 0 Å². The minimum Gasteiger partial charge on any atom is -0.262 e. The lowest BCUT2D eigenvalue weighted by atomic mass is 10.3. The quantitative estimate of drug-likeness (QED) is 0.448. The molecule has 0 aliphatic rings. The molecular formula is C10H14N2. The molecule has 0 amide bonds. The Morgan fingerprint density at radius 3 is 2.25 bits per heavy atom. The zero-order valence-corrected chi connectivity index (χ0v) is 7.62. The van der Waals surface area contributed by atoms with E-state index in [1.807, 2.05) is 26.0 Å². The highest BCUT2D eigenvalue weighted by molar-refractivity contribution is 5.57. The van der Waals surface area contributed by atoms with Crippen molar-refractivity contribution >= 4 is 12.9 Å². The molecule has 0 fully saturated rings. The fourth-order valence-electron chi connectivity index (χ4n) is 0.739. The second-order valence-electron chi connectivity index (χ2n) is 2.02. The zero-order chi connectivity index (χ0) is 9.40. The average molecular weight is 162 g/mol. The molecule has 0 aromatic heterocycles. The number of hydrogen-bond donors (Lipinski definition) is 0. The summed E-state index contributed by atoms with van der Waals surface area (Å²) in [7, 11) is 0. The number of aliphatic imine (C=N–C) groups is 2. The largest absolute Gasteiger partial charge is 0.262 e. The average Bonchev–Trinajstić information content (AvgIpc) is 2.11. The fraction of sp³-hybridized carbons (Fsp3) is 0.200. The Kier molecular flexibility index (Phi) is 5.53. The van der Waals surface area contributed by atoms with Crippen molar-refractivity contribution in [3.63, 3.8) is 0 Å². The molecule has 0 rings (SSSR count). The first-order valence-electron chi connectivity index (χ1n) is 3.75. The van der Waals surface area contributed by atoms with Gasteiger partial charge in [0.25, 0.3) is 0 Å². The minimum absolute atomic E-state index is 0.741. The van der Waals surface area contributed by atoms with E-state index in [0.717, 1.165) is 11.4 Å². The van der Waals surface area contributed by atoms with Gasteiger partial charge in [0.15, 0.2) is 0 Å². The van der Waals surface area contributed by atoms with Crippen LogP contribution in [0.15, 0.2) is 46.2 Å². The van der Waals surface area contributed by atoms with E-state index in [2.05, 4.69) is 23.3 Å². The van der Waals surface area contributed by atoms with Gasteiger partial charge in [0.1, 0.15) is 0 Å². The first-order chi connectivity index (χ1) is 5.79. The summed E-state index contributed by atoms with van der Waals surface area (Å²) in [6.45, 7) is 10.9. The molecule has 0 saturated carbocycles. The van der Waals surface area contributed by atoms with Gasteiger partial charge in [0, 0.05) is 6.21 Å². The number of nitrogens with zero attached hydrogens (tertiary/aromatic N) is 2. The molecule has 0 radical (unpaired) electrons. The summed E-state index contributed by atoms with van der Waals surface area (Å²) < 4.78 is 0. The molecule has 0 aromatic carbocycles. The molecule has 0 unspecified atom stereocenters. The second kappa shape index (κ2) is 6.28. The summed E-state index contributed by atoms with van der Waals surface area (Å²) in [6.07, 6.45) is 7.09. The third-order valence-electron chi connectivity index (χ3n) is 1.22. The van der Waals surface area contributed by atoms with Crippen molar-refractivity contribution in [2.45, 2.75) is 13.8 Å². The van der Waals surface area contributed by atoms with Crippen LogP contribution in [0.1, 0.15) is 13.8 Å². The van der Waals surface area contributed by atoms with Gasteiger partial charge in [0.05, 0.1) is 11.4 Å². The SMILES string of the molecule is C=CC(/N=C\C)=C(\C=C/C)N=C. The number of hydrogen-bond acceptors (Lipinski definition) is 2. The van der Waals surface area contributed by atoms with E-state index in [0.29, 0.717) is 0 Å². The van der Waals surface area contributed by atoms with Crippen LogP contribution in [0.25, 0.3) is 0 Å². The molecule has 12 heavy (non-hydrogen) atoms. The van der Waals surface area contributed by atoms with Crippen molar-refractivity contribution in [3.05, 3.63) is 36.2 Å². The Morgan fingerprint density at radius 2 is 1.92 bits per heavy atom. The Balaban J connectivity index is 4.98. The first kappa shape index (κ1) is 10.6.